The SMILES string of the molecule is Cc1cc(F)cc(C)c1OCC(=O)N[C@H](Cc1ccccc1)[C@H](O)C[C@@H](Cc1ccccc1)NC(=O)[C@@H](C(C)C)N1CCCNC1=O. The van der Waals surface area contributed by atoms with E-state index in [-0.39, 0.29) is 36.7 Å². The number of halogens is 1. The van der Waals surface area contributed by atoms with Gasteiger partial charge in [0.15, 0.2) is 6.61 Å². The number of ether oxygens (including phenoxy) is 1. The van der Waals surface area contributed by atoms with Gasteiger partial charge in [-0.25, -0.2) is 9.18 Å². The van der Waals surface area contributed by atoms with E-state index in [1.807, 2.05) is 74.5 Å². The van der Waals surface area contributed by atoms with Crippen molar-refractivity contribution >= 4 is 17.8 Å². The smallest absolute Gasteiger partial charge is 0.318 e. The molecule has 0 unspecified atom stereocenters. The second-order valence-corrected chi connectivity index (χ2v) is 12.7. The van der Waals surface area contributed by atoms with Gasteiger partial charge in [0.2, 0.25) is 5.91 Å². The Morgan fingerprint density at radius 2 is 1.55 bits per heavy atom. The van der Waals surface area contributed by atoms with Gasteiger partial charge < -0.3 is 30.7 Å². The number of nitrogens with one attached hydrogen (secondary N) is 3. The molecule has 1 aliphatic heterocycles. The summed E-state index contributed by atoms with van der Waals surface area (Å²) in [5, 5.41) is 20.6. The van der Waals surface area contributed by atoms with Gasteiger partial charge in [0.05, 0.1) is 12.1 Å². The summed E-state index contributed by atoms with van der Waals surface area (Å²) in [7, 11) is 0. The van der Waals surface area contributed by atoms with Crippen LogP contribution in [0.3, 0.4) is 0 Å². The third-order valence-electron chi connectivity index (χ3n) is 8.43. The highest BCUT2D eigenvalue weighted by atomic mass is 19.1. The zero-order chi connectivity index (χ0) is 33.9. The Morgan fingerprint density at radius 3 is 2.13 bits per heavy atom. The van der Waals surface area contributed by atoms with Crippen LogP contribution in [0.15, 0.2) is 72.8 Å². The van der Waals surface area contributed by atoms with Crippen molar-refractivity contribution in [2.75, 3.05) is 19.7 Å². The second kappa shape index (κ2) is 16.9. The molecule has 1 fully saturated rings. The number of benzene rings is 3. The molecule has 1 heterocycles. The maximum absolute atomic E-state index is 13.8. The van der Waals surface area contributed by atoms with Gasteiger partial charge in [0.25, 0.3) is 5.91 Å². The third kappa shape index (κ3) is 10.3. The first kappa shape index (κ1) is 35.4. The Hall–Kier alpha value is -4.44. The lowest BCUT2D eigenvalue weighted by molar-refractivity contribution is -0.128. The predicted octanol–water partition coefficient (Wildman–Crippen LogP) is 4.47. The normalized spacial score (nSPS) is 15.7. The van der Waals surface area contributed by atoms with Crippen molar-refractivity contribution in [2.45, 2.75) is 77.6 Å². The van der Waals surface area contributed by atoms with E-state index >= 15 is 0 Å². The van der Waals surface area contributed by atoms with Crippen LogP contribution < -0.4 is 20.7 Å². The molecule has 47 heavy (non-hydrogen) atoms. The van der Waals surface area contributed by atoms with Crippen LogP contribution in [0, 0.1) is 25.6 Å². The number of hydrogen-bond donors (Lipinski definition) is 4. The number of aliphatic hydroxyl groups excluding tert-OH is 1. The molecule has 0 spiro atoms. The van der Waals surface area contributed by atoms with Crippen molar-refractivity contribution < 1.29 is 28.6 Å². The minimum atomic E-state index is -1.04. The molecule has 0 aliphatic carbocycles. The zero-order valence-electron chi connectivity index (χ0n) is 27.7. The highest BCUT2D eigenvalue weighted by Crippen LogP contribution is 2.24. The fourth-order valence-electron chi connectivity index (χ4n) is 6.21. The molecule has 4 rings (SSSR count). The summed E-state index contributed by atoms with van der Waals surface area (Å²) in [6.45, 7) is 8.00. The average molecular weight is 647 g/mol. The molecule has 3 aromatic carbocycles. The first-order chi connectivity index (χ1) is 22.5. The van der Waals surface area contributed by atoms with Crippen LogP contribution in [-0.2, 0) is 22.4 Å². The lowest BCUT2D eigenvalue weighted by atomic mass is 9.92. The van der Waals surface area contributed by atoms with Crippen molar-refractivity contribution in [1.82, 2.24) is 20.9 Å². The van der Waals surface area contributed by atoms with Crippen molar-refractivity contribution in [1.29, 1.82) is 0 Å². The van der Waals surface area contributed by atoms with Gasteiger partial charge in [-0.2, -0.15) is 0 Å². The number of hydrogen-bond acceptors (Lipinski definition) is 5. The van der Waals surface area contributed by atoms with Crippen LogP contribution in [-0.4, -0.2) is 71.8 Å². The number of rotatable bonds is 15. The molecule has 0 radical (unpaired) electrons. The van der Waals surface area contributed by atoms with Gasteiger partial charge >= 0.3 is 6.03 Å². The summed E-state index contributed by atoms with van der Waals surface area (Å²) < 4.78 is 19.6. The quantitative estimate of drug-likeness (QED) is 0.194. The van der Waals surface area contributed by atoms with E-state index < -0.39 is 30.1 Å². The number of aliphatic hydroxyl groups is 1. The number of urea groups is 1. The fourth-order valence-corrected chi connectivity index (χ4v) is 6.21. The Balaban J connectivity index is 1.52. The number of amides is 4. The first-order valence-corrected chi connectivity index (χ1v) is 16.3. The van der Waals surface area contributed by atoms with Crippen LogP contribution in [0.25, 0.3) is 0 Å². The Kier molecular flexibility index (Phi) is 12.8. The third-order valence-corrected chi connectivity index (χ3v) is 8.43. The number of aryl methyl sites for hydroxylation is 2. The van der Waals surface area contributed by atoms with Crippen molar-refractivity contribution in [3.05, 3.63) is 101 Å². The topological polar surface area (TPSA) is 120 Å². The molecule has 4 amide bonds. The lowest BCUT2D eigenvalue weighted by Crippen LogP contribution is -2.59. The van der Waals surface area contributed by atoms with E-state index in [0.717, 1.165) is 17.5 Å². The summed E-state index contributed by atoms with van der Waals surface area (Å²) in [5.74, 6) is -0.798. The number of nitrogens with zero attached hydrogens (tertiary/aromatic N) is 1. The van der Waals surface area contributed by atoms with Crippen LogP contribution in [0.2, 0.25) is 0 Å². The van der Waals surface area contributed by atoms with Crippen LogP contribution in [0.5, 0.6) is 5.75 Å². The monoisotopic (exact) mass is 646 g/mol. The second-order valence-electron chi connectivity index (χ2n) is 12.7. The molecule has 9 nitrogen and oxygen atoms in total. The summed E-state index contributed by atoms with van der Waals surface area (Å²) in [6.07, 6.45) is 0.639. The van der Waals surface area contributed by atoms with Crippen LogP contribution >= 0.6 is 0 Å². The molecular weight excluding hydrogens is 599 g/mol. The fraction of sp³-hybridized carbons (Fsp3) is 0.432. The molecular formula is C37H47FN4O5. The number of carbonyl (C=O) groups excluding carboxylic acids is 3. The standard InChI is InChI=1S/C37H47FN4O5/c1-24(2)34(42-17-11-16-39-37(42)46)36(45)40-30(20-27-12-7-5-8-13-27)22-32(43)31(21-28-14-9-6-10-15-28)41-33(44)23-47-35-25(3)18-29(38)19-26(35)4/h5-10,12-15,18-19,24,30-32,34,43H,11,16-17,20-23H2,1-4H3,(H,39,46)(H,40,45)(H,41,44)/t30-,31-,32-,34-/m1/s1. The summed E-state index contributed by atoms with van der Waals surface area (Å²) in [5.41, 5.74) is 3.06. The average Bonchev–Trinajstić information content (AvgIpc) is 3.02. The molecule has 1 aliphatic rings. The van der Waals surface area contributed by atoms with E-state index in [2.05, 4.69) is 16.0 Å². The molecule has 3 aromatic rings. The van der Waals surface area contributed by atoms with Gasteiger partial charge in [-0.1, -0.05) is 74.5 Å². The molecule has 0 aromatic heterocycles. The van der Waals surface area contributed by atoms with E-state index in [9.17, 15) is 23.9 Å². The molecule has 10 heteroatoms. The van der Waals surface area contributed by atoms with Gasteiger partial charge in [0.1, 0.15) is 17.6 Å². The lowest BCUT2D eigenvalue weighted by Gasteiger charge is -2.37. The highest BCUT2D eigenvalue weighted by molar-refractivity contribution is 5.87. The maximum Gasteiger partial charge on any atom is 0.318 e. The minimum absolute atomic E-state index is 0.139. The number of carbonyl (C=O) groups is 3. The van der Waals surface area contributed by atoms with E-state index in [0.29, 0.717) is 42.8 Å². The largest absolute Gasteiger partial charge is 0.483 e. The van der Waals surface area contributed by atoms with Gasteiger partial charge in [-0.05, 0) is 79.8 Å². The van der Waals surface area contributed by atoms with Crippen LogP contribution in [0.4, 0.5) is 9.18 Å². The first-order valence-electron chi connectivity index (χ1n) is 16.3. The highest BCUT2D eigenvalue weighted by Gasteiger charge is 2.35. The van der Waals surface area contributed by atoms with E-state index in [4.69, 9.17) is 4.74 Å². The van der Waals surface area contributed by atoms with Crippen LogP contribution in [0.1, 0.15) is 48.9 Å². The molecule has 4 atom stereocenters. The summed E-state index contributed by atoms with van der Waals surface area (Å²) in [6, 6.07) is 19.8. The minimum Gasteiger partial charge on any atom is -0.483 e. The van der Waals surface area contributed by atoms with Gasteiger partial charge in [-0.15, -0.1) is 0 Å². The molecule has 0 bridgehead atoms. The maximum atomic E-state index is 13.8. The Morgan fingerprint density at radius 1 is 0.957 bits per heavy atom. The van der Waals surface area contributed by atoms with E-state index in [1.165, 1.54) is 12.1 Å². The summed E-state index contributed by atoms with van der Waals surface area (Å²) >= 11 is 0. The molecule has 4 N–H and O–H groups in total. The Bertz CT molecular complexity index is 1460. The van der Waals surface area contributed by atoms with Gasteiger partial charge in [0, 0.05) is 19.1 Å². The van der Waals surface area contributed by atoms with Crippen molar-refractivity contribution in [2.24, 2.45) is 5.92 Å². The van der Waals surface area contributed by atoms with Gasteiger partial charge in [-0.3, -0.25) is 9.59 Å². The summed E-state index contributed by atoms with van der Waals surface area (Å²) in [4.78, 5) is 41.3. The Labute approximate surface area is 276 Å². The van der Waals surface area contributed by atoms with E-state index in [1.54, 1.807) is 18.7 Å². The predicted molar refractivity (Wildman–Crippen MR) is 179 cm³/mol. The molecule has 1 saturated heterocycles. The van der Waals surface area contributed by atoms with Crippen molar-refractivity contribution in [3.8, 4) is 5.75 Å². The van der Waals surface area contributed by atoms with Crippen molar-refractivity contribution in [3.63, 3.8) is 0 Å². The molecule has 0 saturated carbocycles. The molecule has 252 valence electrons. The zero-order valence-corrected chi connectivity index (χ0v) is 27.7.